The van der Waals surface area contributed by atoms with E-state index in [1.54, 1.807) is 18.2 Å². The first-order valence-corrected chi connectivity index (χ1v) is 13.0. The van der Waals surface area contributed by atoms with Gasteiger partial charge in [-0.15, -0.1) is 0 Å². The molecule has 1 aliphatic heterocycles. The van der Waals surface area contributed by atoms with Gasteiger partial charge in [0.25, 0.3) is 0 Å². The molecule has 35 heavy (non-hydrogen) atoms. The molecule has 5 N–H and O–H groups in total. The Hall–Kier alpha value is -3.12. The molecule has 186 valence electrons. The first-order chi connectivity index (χ1) is 16.8. The summed E-state index contributed by atoms with van der Waals surface area (Å²) in [5, 5.41) is 6.41. The van der Waals surface area contributed by atoms with Crippen LogP contribution in [0.4, 0.5) is 28.8 Å². The van der Waals surface area contributed by atoms with Crippen LogP contribution in [0.1, 0.15) is 13.3 Å². The lowest BCUT2D eigenvalue weighted by Crippen LogP contribution is -2.26. The van der Waals surface area contributed by atoms with Crippen molar-refractivity contribution in [1.82, 2.24) is 14.7 Å². The zero-order chi connectivity index (χ0) is 25.0. The van der Waals surface area contributed by atoms with Crippen molar-refractivity contribution in [2.45, 2.75) is 24.3 Å². The first-order valence-electron chi connectivity index (χ1n) is 11.2. The van der Waals surface area contributed by atoms with E-state index in [-0.39, 0.29) is 27.7 Å². The van der Waals surface area contributed by atoms with Crippen molar-refractivity contribution in [3.05, 3.63) is 53.7 Å². The van der Waals surface area contributed by atoms with Gasteiger partial charge in [-0.05, 0) is 44.7 Å². The highest BCUT2D eigenvalue weighted by atomic mass is 35.5. The fourth-order valence-electron chi connectivity index (χ4n) is 3.78. The molecular formula is C23H28ClN7O3S. The van der Waals surface area contributed by atoms with Crippen LogP contribution < -0.4 is 30.7 Å². The van der Waals surface area contributed by atoms with Gasteiger partial charge < -0.3 is 26.0 Å². The van der Waals surface area contributed by atoms with E-state index in [9.17, 15) is 8.42 Å². The molecule has 12 heteroatoms. The van der Waals surface area contributed by atoms with Gasteiger partial charge in [-0.25, -0.2) is 18.1 Å². The summed E-state index contributed by atoms with van der Waals surface area (Å²) in [7, 11) is -2.34. The zero-order valence-corrected chi connectivity index (χ0v) is 21.0. The summed E-state index contributed by atoms with van der Waals surface area (Å²) in [4.78, 5) is 11.0. The molecule has 0 saturated carbocycles. The second kappa shape index (κ2) is 10.6. The van der Waals surface area contributed by atoms with Crippen LogP contribution in [0.3, 0.4) is 0 Å². The highest BCUT2D eigenvalue weighted by Crippen LogP contribution is 2.34. The van der Waals surface area contributed by atoms with E-state index >= 15 is 0 Å². The Morgan fingerprint density at radius 2 is 2.00 bits per heavy atom. The number of para-hydroxylation sites is 1. The minimum atomic E-state index is -3.69. The Balaban J connectivity index is 1.60. The number of hydrogen-bond donors (Lipinski definition) is 4. The Morgan fingerprint density at radius 1 is 1.20 bits per heavy atom. The van der Waals surface area contributed by atoms with Gasteiger partial charge in [0, 0.05) is 30.9 Å². The van der Waals surface area contributed by atoms with Gasteiger partial charge >= 0.3 is 0 Å². The van der Waals surface area contributed by atoms with E-state index in [0.717, 1.165) is 25.2 Å². The summed E-state index contributed by atoms with van der Waals surface area (Å²) in [5.74, 6) is 1.18. The normalized spacial score (nSPS) is 15.8. The highest BCUT2D eigenvalue weighted by Gasteiger charge is 2.21. The Labute approximate surface area is 209 Å². The number of hydrogen-bond acceptors (Lipinski definition) is 9. The maximum atomic E-state index is 12.4. The lowest BCUT2D eigenvalue weighted by atomic mass is 10.2. The van der Waals surface area contributed by atoms with Gasteiger partial charge in [-0.2, -0.15) is 4.98 Å². The summed E-state index contributed by atoms with van der Waals surface area (Å²) in [6, 6.07) is 12.5. The number of sulfonamides is 1. The molecular weight excluding hydrogens is 490 g/mol. The Morgan fingerprint density at radius 3 is 2.71 bits per heavy atom. The quantitative estimate of drug-likeness (QED) is 0.336. The van der Waals surface area contributed by atoms with Gasteiger partial charge in [0.15, 0.2) is 5.82 Å². The number of halogens is 1. The fraction of sp³-hybridized carbons (Fsp3) is 0.304. The number of aromatic nitrogens is 2. The molecule has 10 nitrogen and oxygen atoms in total. The van der Waals surface area contributed by atoms with Gasteiger partial charge in [-0.1, -0.05) is 23.7 Å². The van der Waals surface area contributed by atoms with Crippen molar-refractivity contribution >= 4 is 50.5 Å². The van der Waals surface area contributed by atoms with Crippen LogP contribution in [-0.2, 0) is 10.0 Å². The Bertz CT molecular complexity index is 1310. The third kappa shape index (κ3) is 5.76. The van der Waals surface area contributed by atoms with Crippen molar-refractivity contribution in [2.75, 3.05) is 42.3 Å². The van der Waals surface area contributed by atoms with Gasteiger partial charge in [0.05, 0.1) is 24.2 Å². The van der Waals surface area contributed by atoms with Gasteiger partial charge in [-0.3, -0.25) is 0 Å². The van der Waals surface area contributed by atoms with Crippen molar-refractivity contribution in [2.24, 2.45) is 5.73 Å². The number of ether oxygens (including phenoxy) is 1. The van der Waals surface area contributed by atoms with Crippen LogP contribution in [0.2, 0.25) is 5.02 Å². The van der Waals surface area contributed by atoms with E-state index in [2.05, 4.69) is 30.2 Å². The molecule has 0 bridgehead atoms. The SMILES string of the molecule is CCOc1cc(N2CC[C@@H](N)C2)ccc1Nc1ncc(Cl)c(Nc2ccccc2S(=O)(=O)NC)n1. The number of nitrogens with two attached hydrogens (primary N) is 1. The molecule has 0 radical (unpaired) electrons. The third-order valence-corrected chi connectivity index (χ3v) is 7.29. The molecule has 1 aliphatic rings. The van der Waals surface area contributed by atoms with Crippen molar-refractivity contribution in [3.8, 4) is 5.75 Å². The van der Waals surface area contributed by atoms with E-state index in [1.807, 2.05) is 25.1 Å². The lowest BCUT2D eigenvalue weighted by Gasteiger charge is -2.21. The summed E-state index contributed by atoms with van der Waals surface area (Å²) >= 11 is 6.32. The average Bonchev–Trinajstić information content (AvgIpc) is 3.29. The van der Waals surface area contributed by atoms with Crippen LogP contribution in [-0.4, -0.2) is 51.2 Å². The number of benzene rings is 2. The van der Waals surface area contributed by atoms with Crippen molar-refractivity contribution < 1.29 is 13.2 Å². The number of nitrogens with zero attached hydrogens (tertiary/aromatic N) is 3. The monoisotopic (exact) mass is 517 g/mol. The Kier molecular flexibility index (Phi) is 7.60. The first kappa shape index (κ1) is 25.0. The molecule has 0 spiro atoms. The molecule has 1 aromatic heterocycles. The maximum Gasteiger partial charge on any atom is 0.242 e. The van der Waals surface area contributed by atoms with Crippen LogP contribution in [0.15, 0.2) is 53.6 Å². The lowest BCUT2D eigenvalue weighted by molar-refractivity contribution is 0.342. The molecule has 0 aliphatic carbocycles. The number of rotatable bonds is 9. The van der Waals surface area contributed by atoms with Crippen LogP contribution in [0.5, 0.6) is 5.75 Å². The number of nitrogens with one attached hydrogen (secondary N) is 3. The predicted octanol–water partition coefficient (Wildman–Crippen LogP) is 3.46. The molecule has 1 fully saturated rings. The molecule has 3 aromatic rings. The highest BCUT2D eigenvalue weighted by molar-refractivity contribution is 7.89. The van der Waals surface area contributed by atoms with Crippen LogP contribution >= 0.6 is 11.6 Å². The van der Waals surface area contributed by atoms with Crippen molar-refractivity contribution in [3.63, 3.8) is 0 Å². The second-order valence-corrected chi connectivity index (χ2v) is 10.2. The molecule has 4 rings (SSSR count). The largest absolute Gasteiger partial charge is 0.492 e. The van der Waals surface area contributed by atoms with Crippen LogP contribution in [0, 0.1) is 0 Å². The smallest absolute Gasteiger partial charge is 0.242 e. The van der Waals surface area contributed by atoms with Crippen molar-refractivity contribution in [1.29, 1.82) is 0 Å². The standard InChI is InChI=1S/C23H28ClN7O3S/c1-3-34-20-12-16(31-11-10-15(25)14-31)8-9-18(20)29-23-27-13-17(24)22(30-23)28-19-6-4-5-7-21(19)35(32,33)26-2/h4-9,12-13,15,26H,3,10-11,14,25H2,1-2H3,(H2,27,28,29,30)/t15-/m1/s1. The van der Waals surface area contributed by atoms with E-state index in [1.165, 1.54) is 19.3 Å². The molecule has 0 unspecified atom stereocenters. The maximum absolute atomic E-state index is 12.4. The molecule has 1 saturated heterocycles. The zero-order valence-electron chi connectivity index (χ0n) is 19.5. The average molecular weight is 518 g/mol. The second-order valence-electron chi connectivity index (χ2n) is 7.95. The van der Waals surface area contributed by atoms with E-state index in [0.29, 0.717) is 23.7 Å². The third-order valence-electron chi connectivity index (χ3n) is 5.54. The molecule has 2 aromatic carbocycles. The molecule has 0 amide bonds. The minimum Gasteiger partial charge on any atom is -0.492 e. The van der Waals surface area contributed by atoms with E-state index in [4.69, 9.17) is 22.1 Å². The summed E-state index contributed by atoms with van der Waals surface area (Å²) < 4.78 is 33.0. The summed E-state index contributed by atoms with van der Waals surface area (Å²) in [6.45, 7) is 4.11. The topological polar surface area (TPSA) is 134 Å². The van der Waals surface area contributed by atoms with Gasteiger partial charge in [0.1, 0.15) is 15.7 Å². The number of anilines is 5. The fourth-order valence-corrected chi connectivity index (χ4v) is 4.81. The van der Waals surface area contributed by atoms with Gasteiger partial charge in [0.2, 0.25) is 16.0 Å². The molecule has 2 heterocycles. The van der Waals surface area contributed by atoms with E-state index < -0.39 is 10.0 Å². The minimum absolute atomic E-state index is 0.0718. The molecule has 1 atom stereocenters. The van der Waals surface area contributed by atoms with Crippen LogP contribution in [0.25, 0.3) is 0 Å². The summed E-state index contributed by atoms with van der Waals surface area (Å²) in [5.41, 5.74) is 8.11. The predicted molar refractivity (Wildman–Crippen MR) is 139 cm³/mol. The summed E-state index contributed by atoms with van der Waals surface area (Å²) in [6.07, 6.45) is 2.39.